The van der Waals surface area contributed by atoms with Gasteiger partial charge in [-0.3, -0.25) is 4.79 Å². The van der Waals surface area contributed by atoms with E-state index >= 15 is 0 Å². The molecular weight excluding hydrogens is 377 g/mol. The predicted octanol–water partition coefficient (Wildman–Crippen LogP) is 2.15. The molecule has 1 amide bonds. The monoisotopic (exact) mass is 397 g/mol. The lowest BCUT2D eigenvalue weighted by atomic mass is 10.2. The van der Waals surface area contributed by atoms with Crippen LogP contribution in [0.3, 0.4) is 0 Å². The number of benzene rings is 1. The molecule has 1 saturated heterocycles. The Balaban J connectivity index is 1.76. The number of hydrogen-bond acceptors (Lipinski definition) is 5. The Morgan fingerprint density at radius 2 is 1.88 bits per heavy atom. The van der Waals surface area contributed by atoms with Gasteiger partial charge >= 0.3 is 0 Å². The van der Waals surface area contributed by atoms with Crippen molar-refractivity contribution in [3.63, 3.8) is 0 Å². The van der Waals surface area contributed by atoms with Crippen molar-refractivity contribution in [2.45, 2.75) is 11.8 Å². The molecule has 1 fully saturated rings. The smallest absolute Gasteiger partial charge is 0.262 e. The molecule has 1 aromatic heterocycles. The summed E-state index contributed by atoms with van der Waals surface area (Å²) in [6.07, 6.45) is 0. The van der Waals surface area contributed by atoms with Crippen LogP contribution >= 0.6 is 11.3 Å². The van der Waals surface area contributed by atoms with Gasteiger partial charge in [-0.2, -0.15) is 4.31 Å². The van der Waals surface area contributed by atoms with Gasteiger partial charge in [0.25, 0.3) is 5.91 Å². The van der Waals surface area contributed by atoms with Crippen LogP contribution in [0, 0.1) is 5.82 Å². The molecule has 0 spiro atoms. The van der Waals surface area contributed by atoms with Crippen LogP contribution in [0.25, 0.3) is 0 Å². The number of piperazine rings is 1. The molecule has 0 saturated carbocycles. The molecule has 0 atom stereocenters. The fourth-order valence-corrected chi connectivity index (χ4v) is 5.66. The molecule has 2 aromatic rings. The maximum atomic E-state index is 13.9. The number of nitrogens with zero attached hydrogens (tertiary/aromatic N) is 2. The highest BCUT2D eigenvalue weighted by Crippen LogP contribution is 2.27. The van der Waals surface area contributed by atoms with E-state index in [0.717, 1.165) is 11.3 Å². The van der Waals surface area contributed by atoms with Gasteiger partial charge in [0, 0.05) is 32.7 Å². The molecule has 26 heavy (non-hydrogen) atoms. The van der Waals surface area contributed by atoms with Crippen molar-refractivity contribution in [3.8, 4) is 0 Å². The van der Waals surface area contributed by atoms with Crippen LogP contribution in [0.1, 0.15) is 16.6 Å². The molecule has 1 aliphatic heterocycles. The third-order valence-electron chi connectivity index (χ3n) is 4.22. The van der Waals surface area contributed by atoms with Crippen molar-refractivity contribution < 1.29 is 17.6 Å². The highest BCUT2D eigenvalue weighted by molar-refractivity contribution is 7.89. The first-order valence-corrected chi connectivity index (χ1v) is 10.6. The Kier molecular flexibility index (Phi) is 5.59. The number of anilines is 1. The lowest BCUT2D eigenvalue weighted by Gasteiger charge is -2.35. The van der Waals surface area contributed by atoms with Gasteiger partial charge in [-0.05, 0) is 30.5 Å². The zero-order valence-corrected chi connectivity index (χ0v) is 15.9. The topological polar surface area (TPSA) is 69.7 Å². The molecule has 1 N–H and O–H groups in total. The highest BCUT2D eigenvalue weighted by atomic mass is 32.2. The van der Waals surface area contributed by atoms with Gasteiger partial charge in [-0.1, -0.05) is 12.1 Å². The number of nitrogens with one attached hydrogen (secondary N) is 1. The summed E-state index contributed by atoms with van der Waals surface area (Å²) in [6.45, 7) is 3.46. The van der Waals surface area contributed by atoms with E-state index in [-0.39, 0.29) is 34.6 Å². The van der Waals surface area contributed by atoms with Crippen LogP contribution in [-0.2, 0) is 10.0 Å². The van der Waals surface area contributed by atoms with E-state index in [1.165, 1.54) is 16.4 Å². The van der Waals surface area contributed by atoms with Gasteiger partial charge in [-0.25, -0.2) is 12.8 Å². The van der Waals surface area contributed by atoms with Gasteiger partial charge in [0.05, 0.1) is 5.69 Å². The average Bonchev–Trinajstić information content (AvgIpc) is 3.13. The van der Waals surface area contributed by atoms with Crippen molar-refractivity contribution in [1.82, 2.24) is 9.62 Å². The number of carbonyl (C=O) groups excluding carboxylic acids is 1. The second kappa shape index (κ2) is 7.73. The summed E-state index contributed by atoms with van der Waals surface area (Å²) in [5, 5.41) is 4.24. The molecule has 140 valence electrons. The summed E-state index contributed by atoms with van der Waals surface area (Å²) < 4.78 is 41.2. The lowest BCUT2D eigenvalue weighted by Crippen LogP contribution is -2.49. The molecule has 0 unspecified atom stereocenters. The fraction of sp³-hybridized carbons (Fsp3) is 0.353. The van der Waals surface area contributed by atoms with Crippen molar-refractivity contribution in [2.24, 2.45) is 0 Å². The third-order valence-corrected chi connectivity index (χ3v) is 7.21. The van der Waals surface area contributed by atoms with Gasteiger partial charge in [-0.15, -0.1) is 11.3 Å². The van der Waals surface area contributed by atoms with Crippen LogP contribution in [0.5, 0.6) is 0 Å². The standard InChI is InChI=1S/C17H20FN3O3S2/c1-2-19-17(22)16-15(7-12-25-16)26(23,24)21-10-8-20(9-11-21)14-6-4-3-5-13(14)18/h3-7,12H,2,8-11H2,1H3,(H,19,22). The SMILES string of the molecule is CCNC(=O)c1sccc1S(=O)(=O)N1CCN(c2ccccc2F)CC1. The van der Waals surface area contributed by atoms with Crippen LogP contribution in [0.2, 0.25) is 0 Å². The Hall–Kier alpha value is -1.97. The number of sulfonamides is 1. The molecule has 1 aromatic carbocycles. The quantitative estimate of drug-likeness (QED) is 0.839. The maximum Gasteiger partial charge on any atom is 0.262 e. The van der Waals surface area contributed by atoms with E-state index in [1.54, 1.807) is 30.5 Å². The summed E-state index contributed by atoms with van der Waals surface area (Å²) in [6, 6.07) is 7.92. The van der Waals surface area contributed by atoms with Crippen molar-refractivity contribution in [1.29, 1.82) is 0 Å². The minimum atomic E-state index is -3.77. The number of thiophene rings is 1. The minimum absolute atomic E-state index is 0.0350. The molecule has 0 aliphatic carbocycles. The first-order valence-electron chi connectivity index (χ1n) is 8.30. The van der Waals surface area contributed by atoms with Crippen molar-refractivity contribution in [3.05, 3.63) is 46.4 Å². The first-order chi connectivity index (χ1) is 12.4. The summed E-state index contributed by atoms with van der Waals surface area (Å²) in [5.74, 6) is -0.703. The molecule has 0 bridgehead atoms. The predicted molar refractivity (Wildman–Crippen MR) is 99.7 cm³/mol. The van der Waals surface area contributed by atoms with Gasteiger partial charge in [0.2, 0.25) is 10.0 Å². The van der Waals surface area contributed by atoms with Crippen LogP contribution in [-0.4, -0.2) is 51.4 Å². The molecule has 1 aliphatic rings. The van der Waals surface area contributed by atoms with E-state index in [2.05, 4.69) is 5.32 Å². The van der Waals surface area contributed by atoms with Gasteiger partial charge < -0.3 is 10.2 Å². The molecular formula is C17H20FN3O3S2. The molecule has 6 nitrogen and oxygen atoms in total. The van der Waals surface area contributed by atoms with Crippen LogP contribution < -0.4 is 10.2 Å². The van der Waals surface area contributed by atoms with E-state index in [1.807, 2.05) is 4.90 Å². The zero-order chi connectivity index (χ0) is 18.7. The first kappa shape index (κ1) is 18.8. The molecule has 2 heterocycles. The summed E-state index contributed by atoms with van der Waals surface area (Å²) in [5.41, 5.74) is 0.475. The second-order valence-electron chi connectivity index (χ2n) is 5.82. The van der Waals surface area contributed by atoms with E-state index in [0.29, 0.717) is 25.3 Å². The van der Waals surface area contributed by atoms with Gasteiger partial charge in [0.1, 0.15) is 15.6 Å². The zero-order valence-electron chi connectivity index (χ0n) is 14.3. The Morgan fingerprint density at radius 1 is 1.19 bits per heavy atom. The molecule has 9 heteroatoms. The number of halogens is 1. The average molecular weight is 397 g/mol. The van der Waals surface area contributed by atoms with E-state index in [9.17, 15) is 17.6 Å². The van der Waals surface area contributed by atoms with E-state index < -0.39 is 10.0 Å². The fourth-order valence-electron chi connectivity index (χ4n) is 2.92. The largest absolute Gasteiger partial charge is 0.367 e. The molecule has 0 radical (unpaired) electrons. The van der Waals surface area contributed by atoms with Crippen molar-refractivity contribution in [2.75, 3.05) is 37.6 Å². The minimum Gasteiger partial charge on any atom is -0.367 e. The van der Waals surface area contributed by atoms with E-state index in [4.69, 9.17) is 0 Å². The number of para-hydroxylation sites is 1. The van der Waals surface area contributed by atoms with Crippen molar-refractivity contribution >= 4 is 33.0 Å². The second-order valence-corrected chi connectivity index (χ2v) is 8.64. The number of rotatable bonds is 5. The number of hydrogen-bond donors (Lipinski definition) is 1. The summed E-state index contributed by atoms with van der Waals surface area (Å²) in [7, 11) is -3.77. The summed E-state index contributed by atoms with van der Waals surface area (Å²) in [4.78, 5) is 14.2. The van der Waals surface area contributed by atoms with Crippen LogP contribution in [0.4, 0.5) is 10.1 Å². The normalized spacial score (nSPS) is 15.8. The van der Waals surface area contributed by atoms with Gasteiger partial charge in [0.15, 0.2) is 0 Å². The lowest BCUT2D eigenvalue weighted by molar-refractivity contribution is 0.0956. The Labute approximate surface area is 156 Å². The molecule has 3 rings (SSSR count). The highest BCUT2D eigenvalue weighted by Gasteiger charge is 2.32. The van der Waals surface area contributed by atoms with Crippen LogP contribution in [0.15, 0.2) is 40.6 Å². The Morgan fingerprint density at radius 3 is 2.54 bits per heavy atom. The summed E-state index contributed by atoms with van der Waals surface area (Å²) >= 11 is 1.11. The number of carbonyl (C=O) groups is 1. The number of amides is 1. The third kappa shape index (κ3) is 3.60. The Bertz CT molecular complexity index is 890. The maximum absolute atomic E-state index is 13.9.